The van der Waals surface area contributed by atoms with Crippen molar-refractivity contribution in [2.75, 3.05) is 24.4 Å². The molecule has 4 N–H and O–H groups in total. The highest BCUT2D eigenvalue weighted by atomic mass is 16.6. The number of hydrogen-bond donors (Lipinski definition) is 4. The number of aromatic nitrogens is 1. The van der Waals surface area contributed by atoms with Crippen LogP contribution in [0.4, 0.5) is 21.0 Å². The number of benzene rings is 2. The summed E-state index contributed by atoms with van der Waals surface area (Å²) in [7, 11) is 1.53. The zero-order chi connectivity index (χ0) is 24.5. The van der Waals surface area contributed by atoms with E-state index >= 15 is 0 Å². The van der Waals surface area contributed by atoms with Crippen LogP contribution in [0.1, 0.15) is 31.9 Å². The van der Waals surface area contributed by atoms with Gasteiger partial charge in [0.1, 0.15) is 11.9 Å². The van der Waals surface area contributed by atoms with Crippen LogP contribution in [-0.4, -0.2) is 42.0 Å². The van der Waals surface area contributed by atoms with Crippen LogP contribution in [0.2, 0.25) is 0 Å². The largest absolute Gasteiger partial charge is 0.496 e. The molecule has 0 saturated carbocycles. The fourth-order valence-corrected chi connectivity index (χ4v) is 3.20. The first-order valence-electron chi connectivity index (χ1n) is 10.8. The number of urea groups is 1. The fourth-order valence-electron chi connectivity index (χ4n) is 3.20. The normalized spacial score (nSPS) is 12.4. The molecule has 0 aliphatic heterocycles. The van der Waals surface area contributed by atoms with Gasteiger partial charge in [0.25, 0.3) is 0 Å². The third kappa shape index (κ3) is 6.48. The fraction of sp³-hybridized carbons (Fsp3) is 0.292. The first kappa shape index (κ1) is 24.6. The number of alkyl carbamates (subject to hydrolysis) is 1. The third-order valence-corrected chi connectivity index (χ3v) is 5.07. The van der Waals surface area contributed by atoms with E-state index in [2.05, 4.69) is 20.9 Å². The molecule has 180 valence electrons. The average Bonchev–Trinajstić information content (AvgIpc) is 3.37. The number of carbonyl (C=O) groups excluding carboxylic acids is 2. The van der Waals surface area contributed by atoms with Crippen molar-refractivity contribution in [2.24, 2.45) is 0 Å². The topological polar surface area (TPSA) is 135 Å². The number of methoxy groups -OCH3 is 1. The number of ether oxygens (including phenoxy) is 2. The second-order valence-corrected chi connectivity index (χ2v) is 7.47. The Balaban J connectivity index is 1.61. The molecule has 0 aliphatic rings. The van der Waals surface area contributed by atoms with Crippen LogP contribution in [0, 0.1) is 0 Å². The van der Waals surface area contributed by atoms with E-state index in [-0.39, 0.29) is 12.6 Å². The van der Waals surface area contributed by atoms with Crippen molar-refractivity contribution >= 4 is 23.5 Å². The number of nitrogens with zero attached hydrogens (tertiary/aromatic N) is 1. The standard InChI is InChI=1S/C24H28N4O6/c1-4-19(13-29)34-24(31)26-15(2)16-6-5-7-17(10-16)27-23(30)28-18-8-9-20(21(11-18)32-3)22-12-25-14-33-22/h5-12,14-15,19,29H,4,13H2,1-3H3,(H,26,31)(H2,27,28,30)/t15-,19+/m0/s1. The van der Waals surface area contributed by atoms with Crippen molar-refractivity contribution in [2.45, 2.75) is 32.4 Å². The predicted molar refractivity (Wildman–Crippen MR) is 127 cm³/mol. The van der Waals surface area contributed by atoms with Crippen molar-refractivity contribution in [3.8, 4) is 17.1 Å². The molecule has 10 heteroatoms. The van der Waals surface area contributed by atoms with E-state index < -0.39 is 18.2 Å². The molecule has 0 saturated heterocycles. The molecule has 10 nitrogen and oxygen atoms in total. The molecular weight excluding hydrogens is 440 g/mol. The molecule has 0 bridgehead atoms. The monoisotopic (exact) mass is 468 g/mol. The maximum Gasteiger partial charge on any atom is 0.407 e. The lowest BCUT2D eigenvalue weighted by Gasteiger charge is -2.18. The van der Waals surface area contributed by atoms with Gasteiger partial charge in [0, 0.05) is 17.4 Å². The van der Waals surface area contributed by atoms with Crippen LogP contribution in [0.5, 0.6) is 5.75 Å². The van der Waals surface area contributed by atoms with E-state index in [1.165, 1.54) is 13.5 Å². The molecule has 1 heterocycles. The zero-order valence-corrected chi connectivity index (χ0v) is 19.2. The molecule has 2 aromatic carbocycles. The van der Waals surface area contributed by atoms with E-state index in [1.807, 2.05) is 13.0 Å². The van der Waals surface area contributed by atoms with E-state index in [1.54, 1.807) is 49.5 Å². The number of oxazole rings is 1. The van der Waals surface area contributed by atoms with E-state index in [4.69, 9.17) is 13.9 Å². The number of rotatable bonds is 9. The summed E-state index contributed by atoms with van der Waals surface area (Å²) in [5, 5.41) is 17.4. The number of aliphatic hydroxyl groups is 1. The molecule has 0 unspecified atom stereocenters. The maximum atomic E-state index is 12.5. The summed E-state index contributed by atoms with van der Waals surface area (Å²) < 4.78 is 15.9. The summed E-state index contributed by atoms with van der Waals surface area (Å²) in [6.45, 7) is 3.38. The minimum absolute atomic E-state index is 0.235. The van der Waals surface area contributed by atoms with E-state index in [9.17, 15) is 14.7 Å². The van der Waals surface area contributed by atoms with Crippen molar-refractivity contribution in [3.63, 3.8) is 0 Å². The molecule has 0 radical (unpaired) electrons. The number of nitrogens with one attached hydrogen (secondary N) is 3. The first-order valence-corrected chi connectivity index (χ1v) is 10.8. The van der Waals surface area contributed by atoms with Gasteiger partial charge in [-0.1, -0.05) is 19.1 Å². The van der Waals surface area contributed by atoms with Crippen molar-refractivity contribution in [1.29, 1.82) is 0 Å². The van der Waals surface area contributed by atoms with Crippen molar-refractivity contribution in [3.05, 3.63) is 60.6 Å². The maximum absolute atomic E-state index is 12.5. The Morgan fingerprint density at radius 3 is 2.56 bits per heavy atom. The molecular formula is C24H28N4O6. The van der Waals surface area contributed by atoms with Gasteiger partial charge in [-0.3, -0.25) is 0 Å². The van der Waals surface area contributed by atoms with Crippen molar-refractivity contribution < 1.29 is 28.6 Å². The Kier molecular flexibility index (Phi) is 8.47. The summed E-state index contributed by atoms with van der Waals surface area (Å²) in [6, 6.07) is 11.4. The van der Waals surface area contributed by atoms with Crippen LogP contribution < -0.4 is 20.7 Å². The van der Waals surface area contributed by atoms with Gasteiger partial charge in [-0.2, -0.15) is 0 Å². The molecule has 3 aromatic rings. The molecule has 0 fully saturated rings. The van der Waals surface area contributed by atoms with Gasteiger partial charge < -0.3 is 34.9 Å². The smallest absolute Gasteiger partial charge is 0.407 e. The summed E-state index contributed by atoms with van der Waals surface area (Å²) in [5.74, 6) is 1.08. The minimum atomic E-state index is -0.618. The SMILES string of the molecule is CC[C@H](CO)OC(=O)N[C@@H](C)c1cccc(NC(=O)Nc2ccc(-c3cnco3)c(OC)c2)c1. The van der Waals surface area contributed by atoms with Crippen LogP contribution >= 0.6 is 0 Å². The van der Waals surface area contributed by atoms with Gasteiger partial charge in [-0.25, -0.2) is 14.6 Å². The molecule has 1 aromatic heterocycles. The van der Waals surface area contributed by atoms with Crippen LogP contribution in [0.3, 0.4) is 0 Å². The highest BCUT2D eigenvalue weighted by Gasteiger charge is 2.16. The van der Waals surface area contributed by atoms with E-state index in [0.29, 0.717) is 34.9 Å². The van der Waals surface area contributed by atoms with E-state index in [0.717, 1.165) is 5.56 Å². The molecule has 0 aliphatic carbocycles. The number of amides is 3. The number of aliphatic hydroxyl groups excluding tert-OH is 1. The highest BCUT2D eigenvalue weighted by molar-refractivity contribution is 6.00. The van der Waals surface area contributed by atoms with Gasteiger partial charge in [-0.05, 0) is 43.2 Å². The molecule has 2 atom stereocenters. The summed E-state index contributed by atoms with van der Waals surface area (Å²) in [6.07, 6.45) is 2.26. The lowest BCUT2D eigenvalue weighted by Crippen LogP contribution is -2.32. The van der Waals surface area contributed by atoms with Gasteiger partial charge >= 0.3 is 12.1 Å². The van der Waals surface area contributed by atoms with Gasteiger partial charge in [-0.15, -0.1) is 0 Å². The lowest BCUT2D eigenvalue weighted by molar-refractivity contribution is 0.0539. The highest BCUT2D eigenvalue weighted by Crippen LogP contribution is 2.32. The number of hydrogen-bond acceptors (Lipinski definition) is 7. The quantitative estimate of drug-likeness (QED) is 0.362. The number of carbonyl (C=O) groups is 2. The van der Waals surface area contributed by atoms with Crippen LogP contribution in [0.25, 0.3) is 11.3 Å². The Bertz CT molecular complexity index is 1100. The van der Waals surface area contributed by atoms with Crippen LogP contribution in [-0.2, 0) is 4.74 Å². The lowest BCUT2D eigenvalue weighted by atomic mass is 10.1. The summed E-state index contributed by atoms with van der Waals surface area (Å²) in [5.41, 5.74) is 2.55. The average molecular weight is 469 g/mol. The minimum Gasteiger partial charge on any atom is -0.496 e. The van der Waals surface area contributed by atoms with Gasteiger partial charge in [0.15, 0.2) is 12.2 Å². The van der Waals surface area contributed by atoms with Crippen molar-refractivity contribution in [1.82, 2.24) is 10.3 Å². The predicted octanol–water partition coefficient (Wildman–Crippen LogP) is 4.55. The third-order valence-electron chi connectivity index (χ3n) is 5.07. The molecule has 3 rings (SSSR count). The Hall–Kier alpha value is -4.05. The molecule has 3 amide bonds. The number of anilines is 2. The zero-order valence-electron chi connectivity index (χ0n) is 19.2. The Labute approximate surface area is 197 Å². The van der Waals surface area contributed by atoms with Crippen LogP contribution in [0.15, 0.2) is 59.5 Å². The van der Waals surface area contributed by atoms with Gasteiger partial charge in [0.05, 0.1) is 31.5 Å². The van der Waals surface area contributed by atoms with Gasteiger partial charge in [0.2, 0.25) is 0 Å². The summed E-state index contributed by atoms with van der Waals surface area (Å²) in [4.78, 5) is 28.5. The first-order chi connectivity index (χ1) is 16.4. The second-order valence-electron chi connectivity index (χ2n) is 7.47. The Morgan fingerprint density at radius 1 is 1.15 bits per heavy atom. The second kappa shape index (κ2) is 11.7. The molecule has 34 heavy (non-hydrogen) atoms. The summed E-state index contributed by atoms with van der Waals surface area (Å²) >= 11 is 0. The molecule has 0 spiro atoms. The Morgan fingerprint density at radius 2 is 1.91 bits per heavy atom.